The third-order valence-corrected chi connectivity index (χ3v) is 4.64. The number of hydrogen-bond donors (Lipinski definition) is 1. The van der Waals surface area contributed by atoms with E-state index in [1.54, 1.807) is 30.3 Å². The number of nitrogens with one attached hydrogen (secondary N) is 1. The van der Waals surface area contributed by atoms with E-state index in [9.17, 15) is 22.4 Å². The number of para-hydroxylation sites is 1. The fourth-order valence-corrected chi connectivity index (χ4v) is 3.21. The first-order valence-electron chi connectivity index (χ1n) is 7.11. The van der Waals surface area contributed by atoms with E-state index >= 15 is 0 Å². The number of carbonyl (C=O) groups excluding carboxylic acids is 2. The van der Waals surface area contributed by atoms with Gasteiger partial charge in [0.2, 0.25) is 5.91 Å². The Morgan fingerprint density at radius 2 is 1.71 bits per heavy atom. The Balaban J connectivity index is 2.01. The summed E-state index contributed by atoms with van der Waals surface area (Å²) >= 11 is 0. The van der Waals surface area contributed by atoms with Gasteiger partial charge in [-0.25, -0.2) is 12.8 Å². The molecule has 0 fully saturated rings. The van der Waals surface area contributed by atoms with Crippen LogP contribution in [0, 0.1) is 12.7 Å². The molecule has 2 rings (SSSR count). The molecule has 2 aromatic carbocycles. The molecule has 2 aromatic rings. The second-order valence-corrected chi connectivity index (χ2v) is 7.40. The van der Waals surface area contributed by atoms with E-state index in [2.05, 4.69) is 5.32 Å². The number of carbonyl (C=O) groups is 2. The predicted molar refractivity (Wildman–Crippen MR) is 89.2 cm³/mol. The third kappa shape index (κ3) is 4.99. The molecule has 0 aliphatic rings. The molecule has 0 aliphatic heterocycles. The molecule has 0 aliphatic carbocycles. The highest BCUT2D eigenvalue weighted by Crippen LogP contribution is 2.11. The van der Waals surface area contributed by atoms with Crippen molar-refractivity contribution in [2.45, 2.75) is 6.92 Å². The van der Waals surface area contributed by atoms with Gasteiger partial charge in [0.15, 0.2) is 15.6 Å². The van der Waals surface area contributed by atoms with Crippen LogP contribution in [0.25, 0.3) is 0 Å². The number of Topliss-reactive ketones (excluding diaryl/α,β-unsaturated/α-hetero) is 1. The molecule has 0 atom stereocenters. The molecule has 126 valence electrons. The Morgan fingerprint density at radius 3 is 2.33 bits per heavy atom. The molecule has 0 unspecified atom stereocenters. The lowest BCUT2D eigenvalue weighted by molar-refractivity contribution is -0.113. The molecule has 0 heterocycles. The van der Waals surface area contributed by atoms with Crippen molar-refractivity contribution in [3.05, 3.63) is 65.5 Å². The van der Waals surface area contributed by atoms with Gasteiger partial charge in [-0.05, 0) is 42.8 Å². The minimum atomic E-state index is -3.93. The van der Waals surface area contributed by atoms with Crippen molar-refractivity contribution in [3.63, 3.8) is 0 Å². The van der Waals surface area contributed by atoms with Gasteiger partial charge in [0.25, 0.3) is 0 Å². The Labute approximate surface area is 139 Å². The number of halogens is 1. The number of rotatable bonds is 6. The number of benzene rings is 2. The summed E-state index contributed by atoms with van der Waals surface area (Å²) in [6.45, 7) is 1.48. The molecule has 1 amide bonds. The van der Waals surface area contributed by atoms with Gasteiger partial charge in [0.05, 0.1) is 0 Å². The SMILES string of the molecule is Cc1cc(C(=O)CS(=O)(=O)CC(=O)Nc2ccccc2)ccc1F. The molecule has 5 nitrogen and oxygen atoms in total. The number of amides is 1. The average Bonchev–Trinajstić information content (AvgIpc) is 2.49. The molecule has 0 saturated heterocycles. The monoisotopic (exact) mass is 349 g/mol. The molecular formula is C17H16FNO4S. The first kappa shape index (κ1) is 17.8. The highest BCUT2D eigenvalue weighted by Gasteiger charge is 2.22. The third-order valence-electron chi connectivity index (χ3n) is 3.24. The lowest BCUT2D eigenvalue weighted by atomic mass is 10.1. The van der Waals surface area contributed by atoms with Crippen LogP contribution in [0.15, 0.2) is 48.5 Å². The Hall–Kier alpha value is -2.54. The molecule has 0 aromatic heterocycles. The van der Waals surface area contributed by atoms with Crippen molar-refractivity contribution < 1.29 is 22.4 Å². The first-order chi connectivity index (χ1) is 11.3. The molecule has 0 spiro atoms. The van der Waals surface area contributed by atoms with Crippen LogP contribution < -0.4 is 5.32 Å². The second kappa shape index (κ2) is 7.35. The van der Waals surface area contributed by atoms with E-state index in [1.807, 2.05) is 0 Å². The van der Waals surface area contributed by atoms with Crippen LogP contribution in [0.5, 0.6) is 0 Å². The lowest BCUT2D eigenvalue weighted by Crippen LogP contribution is -2.27. The molecule has 0 bridgehead atoms. The maximum Gasteiger partial charge on any atom is 0.239 e. The highest BCUT2D eigenvalue weighted by atomic mass is 32.2. The zero-order chi connectivity index (χ0) is 17.7. The summed E-state index contributed by atoms with van der Waals surface area (Å²) in [5.74, 6) is -3.47. The van der Waals surface area contributed by atoms with Gasteiger partial charge >= 0.3 is 0 Å². The first-order valence-corrected chi connectivity index (χ1v) is 8.94. The number of sulfone groups is 1. The zero-order valence-electron chi connectivity index (χ0n) is 13.0. The maximum atomic E-state index is 13.2. The standard InChI is InChI=1S/C17H16FNO4S/c1-12-9-13(7-8-15(12)18)16(20)10-24(22,23)11-17(21)19-14-5-3-2-4-6-14/h2-9H,10-11H2,1H3,(H,19,21). The maximum absolute atomic E-state index is 13.2. The van der Waals surface area contributed by atoms with Crippen LogP contribution in [0.4, 0.5) is 10.1 Å². The summed E-state index contributed by atoms with van der Waals surface area (Å²) in [5, 5.41) is 2.45. The quantitative estimate of drug-likeness (QED) is 0.812. The fourth-order valence-electron chi connectivity index (χ4n) is 2.07. The topological polar surface area (TPSA) is 80.3 Å². The van der Waals surface area contributed by atoms with Crippen LogP contribution in [0.3, 0.4) is 0 Å². The van der Waals surface area contributed by atoms with Crippen molar-refractivity contribution >= 4 is 27.2 Å². The smallest absolute Gasteiger partial charge is 0.239 e. The summed E-state index contributed by atoms with van der Waals surface area (Å²) < 4.78 is 37.2. The summed E-state index contributed by atoms with van der Waals surface area (Å²) in [4.78, 5) is 23.8. The van der Waals surface area contributed by atoms with Gasteiger partial charge in [-0.2, -0.15) is 0 Å². The summed E-state index contributed by atoms with van der Waals surface area (Å²) in [6, 6.07) is 12.0. The molecule has 0 radical (unpaired) electrons. The van der Waals surface area contributed by atoms with Crippen LogP contribution in [-0.2, 0) is 14.6 Å². The molecule has 1 N–H and O–H groups in total. The predicted octanol–water partition coefficient (Wildman–Crippen LogP) is 2.37. The Morgan fingerprint density at radius 1 is 1.04 bits per heavy atom. The van der Waals surface area contributed by atoms with Gasteiger partial charge in [-0.1, -0.05) is 18.2 Å². The van der Waals surface area contributed by atoms with E-state index in [0.717, 1.165) is 6.07 Å². The Bertz CT molecular complexity index is 863. The van der Waals surface area contributed by atoms with Crippen LogP contribution in [0.1, 0.15) is 15.9 Å². The number of anilines is 1. The van der Waals surface area contributed by atoms with Crippen molar-refractivity contribution in [3.8, 4) is 0 Å². The number of ketones is 1. The number of aryl methyl sites for hydroxylation is 1. The van der Waals surface area contributed by atoms with Gasteiger partial charge in [-0.15, -0.1) is 0 Å². The number of hydrogen-bond acceptors (Lipinski definition) is 4. The molecular weight excluding hydrogens is 333 g/mol. The largest absolute Gasteiger partial charge is 0.325 e. The average molecular weight is 349 g/mol. The normalized spacial score (nSPS) is 11.1. The minimum absolute atomic E-state index is 0.0981. The van der Waals surface area contributed by atoms with Gasteiger partial charge in [-0.3, -0.25) is 9.59 Å². The van der Waals surface area contributed by atoms with Gasteiger partial charge in [0, 0.05) is 11.3 Å². The van der Waals surface area contributed by atoms with E-state index in [-0.39, 0.29) is 11.1 Å². The lowest BCUT2D eigenvalue weighted by Gasteiger charge is -2.07. The summed E-state index contributed by atoms with van der Waals surface area (Å²) in [5.41, 5.74) is 0.819. The van der Waals surface area contributed by atoms with Crippen LogP contribution in [0.2, 0.25) is 0 Å². The van der Waals surface area contributed by atoms with E-state index < -0.39 is 38.9 Å². The van der Waals surface area contributed by atoms with Gasteiger partial charge < -0.3 is 5.32 Å². The zero-order valence-corrected chi connectivity index (χ0v) is 13.8. The molecule has 0 saturated carbocycles. The van der Waals surface area contributed by atoms with Crippen molar-refractivity contribution in [1.82, 2.24) is 0 Å². The van der Waals surface area contributed by atoms with Crippen LogP contribution in [-0.4, -0.2) is 31.6 Å². The van der Waals surface area contributed by atoms with Gasteiger partial charge in [0.1, 0.15) is 17.3 Å². The second-order valence-electron chi connectivity index (χ2n) is 5.33. The summed E-state index contributed by atoms with van der Waals surface area (Å²) in [7, 11) is -3.93. The molecule has 7 heteroatoms. The minimum Gasteiger partial charge on any atom is -0.325 e. The van der Waals surface area contributed by atoms with E-state index in [1.165, 1.54) is 19.1 Å². The highest BCUT2D eigenvalue weighted by molar-refractivity contribution is 7.92. The molecule has 24 heavy (non-hydrogen) atoms. The Kier molecular flexibility index (Phi) is 5.46. The summed E-state index contributed by atoms with van der Waals surface area (Å²) in [6.07, 6.45) is 0. The fraction of sp³-hybridized carbons (Fsp3) is 0.176. The van der Waals surface area contributed by atoms with Crippen molar-refractivity contribution in [1.29, 1.82) is 0 Å². The van der Waals surface area contributed by atoms with Crippen molar-refractivity contribution in [2.75, 3.05) is 16.8 Å². The van der Waals surface area contributed by atoms with E-state index in [0.29, 0.717) is 5.69 Å². The van der Waals surface area contributed by atoms with E-state index in [4.69, 9.17) is 0 Å². The van der Waals surface area contributed by atoms with Crippen LogP contribution >= 0.6 is 0 Å². The van der Waals surface area contributed by atoms with Crippen molar-refractivity contribution in [2.24, 2.45) is 0 Å².